The normalized spacial score (nSPS) is 11.0. The molecular formula is C18H20N2. The molecule has 0 saturated carbocycles. The lowest BCUT2D eigenvalue weighted by Gasteiger charge is -2.21. The predicted molar refractivity (Wildman–Crippen MR) is 90.1 cm³/mol. The molecule has 0 radical (unpaired) electrons. The van der Waals surface area contributed by atoms with E-state index in [1.165, 1.54) is 32.9 Å². The maximum atomic E-state index is 2.21. The third-order valence-corrected chi connectivity index (χ3v) is 3.81. The Morgan fingerprint density at radius 1 is 0.550 bits per heavy atom. The fraction of sp³-hybridized carbons (Fsp3) is 0.222. The Kier molecular flexibility index (Phi) is 3.01. The van der Waals surface area contributed by atoms with Gasteiger partial charge in [-0.15, -0.1) is 0 Å². The van der Waals surface area contributed by atoms with Crippen LogP contribution in [0.1, 0.15) is 0 Å². The van der Waals surface area contributed by atoms with Gasteiger partial charge in [0.15, 0.2) is 0 Å². The molecule has 0 aliphatic heterocycles. The van der Waals surface area contributed by atoms with Crippen LogP contribution in [0.5, 0.6) is 0 Å². The lowest BCUT2D eigenvalue weighted by Crippen LogP contribution is -2.11. The number of benzene rings is 3. The van der Waals surface area contributed by atoms with E-state index < -0.39 is 0 Å². The molecule has 2 nitrogen and oxygen atoms in total. The number of anilines is 2. The maximum absolute atomic E-state index is 2.21. The van der Waals surface area contributed by atoms with Crippen LogP contribution in [0.15, 0.2) is 48.5 Å². The van der Waals surface area contributed by atoms with Crippen molar-refractivity contribution in [3.05, 3.63) is 48.5 Å². The van der Waals surface area contributed by atoms with Crippen molar-refractivity contribution in [3.8, 4) is 0 Å². The lowest BCUT2D eigenvalue weighted by atomic mass is 9.98. The Morgan fingerprint density at radius 3 is 1.30 bits per heavy atom. The van der Waals surface area contributed by atoms with Crippen LogP contribution in [-0.2, 0) is 0 Å². The molecule has 102 valence electrons. The molecule has 20 heavy (non-hydrogen) atoms. The fourth-order valence-corrected chi connectivity index (χ4v) is 2.86. The summed E-state index contributed by atoms with van der Waals surface area (Å²) in [4.78, 5) is 4.38. The van der Waals surface area contributed by atoms with Gasteiger partial charge in [0.25, 0.3) is 0 Å². The molecule has 0 fully saturated rings. The van der Waals surface area contributed by atoms with Gasteiger partial charge in [-0.25, -0.2) is 0 Å². The minimum atomic E-state index is 1.27. The van der Waals surface area contributed by atoms with Crippen molar-refractivity contribution >= 4 is 32.9 Å². The number of fused-ring (bicyclic) bond motifs is 3. The van der Waals surface area contributed by atoms with Gasteiger partial charge in [0.1, 0.15) is 0 Å². The molecule has 3 rings (SSSR count). The van der Waals surface area contributed by atoms with Crippen molar-refractivity contribution in [1.29, 1.82) is 0 Å². The number of nitrogens with zero attached hydrogens (tertiary/aromatic N) is 2. The zero-order valence-electron chi connectivity index (χ0n) is 12.5. The summed E-state index contributed by atoms with van der Waals surface area (Å²) >= 11 is 0. The van der Waals surface area contributed by atoms with Crippen molar-refractivity contribution in [2.45, 2.75) is 0 Å². The molecular weight excluding hydrogens is 244 g/mol. The Balaban J connectivity index is 2.56. The monoisotopic (exact) mass is 264 g/mol. The largest absolute Gasteiger partial charge is 0.377 e. The minimum absolute atomic E-state index is 1.27. The molecule has 0 bridgehead atoms. The van der Waals surface area contributed by atoms with Crippen LogP contribution in [0.4, 0.5) is 11.4 Å². The summed E-state index contributed by atoms with van der Waals surface area (Å²) in [5.74, 6) is 0. The van der Waals surface area contributed by atoms with Gasteiger partial charge in [-0.05, 0) is 22.9 Å². The molecule has 0 unspecified atom stereocenters. The Labute approximate surface area is 120 Å². The molecule has 0 saturated heterocycles. The number of rotatable bonds is 2. The molecule has 0 aliphatic carbocycles. The van der Waals surface area contributed by atoms with Gasteiger partial charge in [0.05, 0.1) is 0 Å². The van der Waals surface area contributed by atoms with Crippen LogP contribution in [0.2, 0.25) is 0 Å². The first-order valence-corrected chi connectivity index (χ1v) is 6.88. The van der Waals surface area contributed by atoms with E-state index in [0.29, 0.717) is 0 Å². The molecule has 3 aromatic carbocycles. The van der Waals surface area contributed by atoms with Gasteiger partial charge in [0.2, 0.25) is 0 Å². The highest BCUT2D eigenvalue weighted by Gasteiger charge is 2.11. The topological polar surface area (TPSA) is 6.48 Å². The zero-order valence-corrected chi connectivity index (χ0v) is 12.5. The van der Waals surface area contributed by atoms with Crippen LogP contribution >= 0.6 is 0 Å². The van der Waals surface area contributed by atoms with Gasteiger partial charge in [-0.1, -0.05) is 36.4 Å². The molecule has 0 heterocycles. The second-order valence-electron chi connectivity index (χ2n) is 5.60. The summed E-state index contributed by atoms with van der Waals surface area (Å²) < 4.78 is 0. The van der Waals surface area contributed by atoms with Crippen LogP contribution in [-0.4, -0.2) is 28.2 Å². The minimum Gasteiger partial charge on any atom is -0.377 e. The second kappa shape index (κ2) is 4.71. The highest BCUT2D eigenvalue weighted by atomic mass is 15.1. The first-order valence-electron chi connectivity index (χ1n) is 6.88. The highest BCUT2D eigenvalue weighted by Crippen LogP contribution is 2.37. The number of hydrogen-bond acceptors (Lipinski definition) is 2. The first kappa shape index (κ1) is 12.8. The van der Waals surface area contributed by atoms with E-state index in [-0.39, 0.29) is 0 Å². The second-order valence-corrected chi connectivity index (χ2v) is 5.60. The summed E-state index contributed by atoms with van der Waals surface area (Å²) in [6, 6.07) is 17.4. The van der Waals surface area contributed by atoms with Gasteiger partial charge in [-0.2, -0.15) is 0 Å². The summed E-state index contributed by atoms with van der Waals surface area (Å²) in [5.41, 5.74) is 2.53. The first-order chi connectivity index (χ1) is 9.59. The van der Waals surface area contributed by atoms with Crippen molar-refractivity contribution in [2.24, 2.45) is 0 Å². The molecule has 0 amide bonds. The molecule has 0 atom stereocenters. The van der Waals surface area contributed by atoms with Gasteiger partial charge < -0.3 is 9.80 Å². The quantitative estimate of drug-likeness (QED) is 0.642. The van der Waals surface area contributed by atoms with E-state index in [1.807, 2.05) is 0 Å². The van der Waals surface area contributed by atoms with Crippen molar-refractivity contribution in [2.75, 3.05) is 38.0 Å². The Hall–Kier alpha value is -2.22. The smallest absolute Gasteiger partial charge is 0.0447 e. The SMILES string of the molecule is CN(C)c1cccc2ccc3cccc(N(C)C)c3c12. The standard InChI is InChI=1S/C18H20N2/c1-19(2)15-9-5-7-13-11-12-14-8-6-10-16(20(3)4)18(14)17(13)15/h5-12H,1-4H3. The summed E-state index contributed by atoms with van der Waals surface area (Å²) in [5, 5.41) is 5.25. The summed E-state index contributed by atoms with van der Waals surface area (Å²) in [6.07, 6.45) is 0. The Bertz CT molecular complexity index is 706. The van der Waals surface area contributed by atoms with Crippen LogP contribution in [0, 0.1) is 0 Å². The van der Waals surface area contributed by atoms with Crippen molar-refractivity contribution in [3.63, 3.8) is 0 Å². The van der Waals surface area contributed by atoms with Crippen LogP contribution < -0.4 is 9.80 Å². The predicted octanol–water partition coefficient (Wildman–Crippen LogP) is 4.13. The zero-order chi connectivity index (χ0) is 14.3. The van der Waals surface area contributed by atoms with Crippen LogP contribution in [0.25, 0.3) is 21.5 Å². The van der Waals surface area contributed by atoms with E-state index >= 15 is 0 Å². The highest BCUT2D eigenvalue weighted by molar-refractivity contribution is 6.18. The van der Waals surface area contributed by atoms with Crippen LogP contribution in [0.3, 0.4) is 0 Å². The third kappa shape index (κ3) is 1.88. The molecule has 0 aromatic heterocycles. The van der Waals surface area contributed by atoms with Crippen molar-refractivity contribution in [1.82, 2.24) is 0 Å². The summed E-state index contributed by atoms with van der Waals surface area (Å²) in [6.45, 7) is 0. The van der Waals surface area contributed by atoms with Gasteiger partial charge in [0, 0.05) is 50.3 Å². The Morgan fingerprint density at radius 2 is 0.950 bits per heavy atom. The summed E-state index contributed by atoms with van der Waals surface area (Å²) in [7, 11) is 8.41. The lowest BCUT2D eigenvalue weighted by molar-refractivity contribution is 1.14. The van der Waals surface area contributed by atoms with E-state index in [4.69, 9.17) is 0 Å². The molecule has 0 N–H and O–H groups in total. The molecule has 2 heteroatoms. The average Bonchev–Trinajstić information content (AvgIpc) is 2.45. The maximum Gasteiger partial charge on any atom is 0.0447 e. The van der Waals surface area contributed by atoms with E-state index in [2.05, 4.69) is 86.5 Å². The molecule has 3 aromatic rings. The van der Waals surface area contributed by atoms with E-state index in [9.17, 15) is 0 Å². The molecule has 0 spiro atoms. The van der Waals surface area contributed by atoms with Gasteiger partial charge >= 0.3 is 0 Å². The van der Waals surface area contributed by atoms with E-state index in [0.717, 1.165) is 0 Å². The fourth-order valence-electron chi connectivity index (χ4n) is 2.86. The molecule has 0 aliphatic rings. The van der Waals surface area contributed by atoms with Crippen molar-refractivity contribution < 1.29 is 0 Å². The van der Waals surface area contributed by atoms with Gasteiger partial charge in [-0.3, -0.25) is 0 Å². The van der Waals surface area contributed by atoms with E-state index in [1.54, 1.807) is 0 Å². The number of hydrogen-bond donors (Lipinski definition) is 0. The third-order valence-electron chi connectivity index (χ3n) is 3.81. The average molecular weight is 264 g/mol.